The highest BCUT2D eigenvalue weighted by Crippen LogP contribution is 2.27. The lowest BCUT2D eigenvalue weighted by Crippen LogP contribution is -2.15. The van der Waals surface area contributed by atoms with E-state index in [1.807, 2.05) is 35.9 Å². The lowest BCUT2D eigenvalue weighted by Gasteiger charge is -2.07. The van der Waals surface area contributed by atoms with E-state index in [1.54, 1.807) is 0 Å². The van der Waals surface area contributed by atoms with Crippen molar-refractivity contribution in [2.24, 2.45) is 7.05 Å². The third kappa shape index (κ3) is 5.47. The Kier molecular flexibility index (Phi) is 6.73. The van der Waals surface area contributed by atoms with Gasteiger partial charge in [0.15, 0.2) is 5.16 Å². The van der Waals surface area contributed by atoms with Crippen LogP contribution in [0.3, 0.4) is 0 Å². The first-order chi connectivity index (χ1) is 13.8. The first-order valence-corrected chi connectivity index (χ1v) is 10.1. The van der Waals surface area contributed by atoms with E-state index in [2.05, 4.69) is 15.5 Å². The third-order valence-corrected chi connectivity index (χ3v) is 5.57. The zero-order valence-corrected chi connectivity index (χ0v) is 17.5. The molecule has 1 heterocycles. The molecule has 3 rings (SSSR count). The molecule has 0 atom stereocenters. The van der Waals surface area contributed by atoms with Crippen molar-refractivity contribution in [2.45, 2.75) is 11.6 Å². The summed E-state index contributed by atoms with van der Waals surface area (Å²) in [6.07, 6.45) is 0.580. The standard InChI is InChI=1S/C18H15Cl2N5O3S/c1-24-16(8-11-2-4-12(19)5-3-11)22-23-18(24)29-10-17(26)21-15-9-13(25(27)28)6-7-14(15)20/h2-7,9H,8,10H2,1H3,(H,21,26). The average molecular weight is 452 g/mol. The average Bonchev–Trinajstić information content (AvgIpc) is 3.03. The number of thioether (sulfide) groups is 1. The number of rotatable bonds is 7. The van der Waals surface area contributed by atoms with E-state index in [1.165, 1.54) is 30.0 Å². The first-order valence-electron chi connectivity index (χ1n) is 8.33. The lowest BCUT2D eigenvalue weighted by atomic mass is 10.1. The Labute approximate surface area is 180 Å². The molecule has 150 valence electrons. The zero-order valence-electron chi connectivity index (χ0n) is 15.1. The van der Waals surface area contributed by atoms with Crippen LogP contribution in [0.2, 0.25) is 10.0 Å². The molecule has 0 radical (unpaired) electrons. The summed E-state index contributed by atoms with van der Waals surface area (Å²) in [5.41, 5.74) is 1.07. The van der Waals surface area contributed by atoms with E-state index in [9.17, 15) is 14.9 Å². The summed E-state index contributed by atoms with van der Waals surface area (Å²) in [7, 11) is 1.82. The molecule has 1 aromatic heterocycles. The molecule has 0 spiro atoms. The molecular weight excluding hydrogens is 437 g/mol. The highest BCUT2D eigenvalue weighted by molar-refractivity contribution is 7.99. The van der Waals surface area contributed by atoms with Crippen LogP contribution in [0.25, 0.3) is 0 Å². The Morgan fingerprint density at radius 3 is 2.62 bits per heavy atom. The molecule has 11 heteroatoms. The van der Waals surface area contributed by atoms with E-state index in [4.69, 9.17) is 23.2 Å². The van der Waals surface area contributed by atoms with E-state index >= 15 is 0 Å². The second-order valence-electron chi connectivity index (χ2n) is 6.02. The third-order valence-electron chi connectivity index (χ3n) is 3.97. The number of amides is 1. The second-order valence-corrected chi connectivity index (χ2v) is 7.81. The molecule has 3 aromatic rings. The maximum absolute atomic E-state index is 12.2. The van der Waals surface area contributed by atoms with Crippen LogP contribution in [-0.4, -0.2) is 31.3 Å². The maximum Gasteiger partial charge on any atom is 0.271 e. The molecule has 8 nitrogen and oxygen atoms in total. The summed E-state index contributed by atoms with van der Waals surface area (Å²) in [6.45, 7) is 0. The molecule has 1 N–H and O–H groups in total. The number of non-ortho nitro benzene ring substituents is 1. The van der Waals surface area contributed by atoms with Gasteiger partial charge in [0.1, 0.15) is 5.82 Å². The van der Waals surface area contributed by atoms with Gasteiger partial charge in [-0.05, 0) is 23.8 Å². The normalized spacial score (nSPS) is 10.7. The molecule has 1 amide bonds. The van der Waals surface area contributed by atoms with Gasteiger partial charge >= 0.3 is 0 Å². The number of hydrogen-bond acceptors (Lipinski definition) is 6. The number of benzene rings is 2. The van der Waals surface area contributed by atoms with Crippen molar-refractivity contribution in [3.05, 3.63) is 74.0 Å². The minimum atomic E-state index is -0.553. The Morgan fingerprint density at radius 1 is 1.21 bits per heavy atom. The van der Waals surface area contributed by atoms with Crippen molar-refractivity contribution >= 4 is 52.2 Å². The number of carbonyl (C=O) groups excluding carboxylic acids is 1. The van der Waals surface area contributed by atoms with Crippen LogP contribution < -0.4 is 5.32 Å². The van der Waals surface area contributed by atoms with Gasteiger partial charge in [0, 0.05) is 30.6 Å². The summed E-state index contributed by atoms with van der Waals surface area (Å²) in [5.74, 6) is 0.433. The van der Waals surface area contributed by atoms with Gasteiger partial charge in [-0.2, -0.15) is 0 Å². The summed E-state index contributed by atoms with van der Waals surface area (Å²) in [4.78, 5) is 22.5. The van der Waals surface area contributed by atoms with Crippen molar-refractivity contribution < 1.29 is 9.72 Å². The Morgan fingerprint density at radius 2 is 1.93 bits per heavy atom. The number of nitrogens with zero attached hydrogens (tertiary/aromatic N) is 4. The first kappa shape index (κ1) is 21.1. The highest BCUT2D eigenvalue weighted by atomic mass is 35.5. The minimum absolute atomic E-state index is 0.0476. The van der Waals surface area contributed by atoms with Crippen molar-refractivity contribution in [1.82, 2.24) is 14.8 Å². The smallest absolute Gasteiger partial charge is 0.271 e. The van der Waals surface area contributed by atoms with Gasteiger partial charge in [0.25, 0.3) is 5.69 Å². The minimum Gasteiger partial charge on any atom is -0.324 e. The number of nitro groups is 1. The molecule has 0 aliphatic rings. The van der Waals surface area contributed by atoms with Gasteiger partial charge in [-0.1, -0.05) is 47.1 Å². The lowest BCUT2D eigenvalue weighted by molar-refractivity contribution is -0.384. The Hall–Kier alpha value is -2.62. The largest absolute Gasteiger partial charge is 0.324 e. The summed E-state index contributed by atoms with van der Waals surface area (Å²) in [5, 5.41) is 23.2. The quantitative estimate of drug-likeness (QED) is 0.325. The van der Waals surface area contributed by atoms with Crippen molar-refractivity contribution in [2.75, 3.05) is 11.1 Å². The SMILES string of the molecule is Cn1c(Cc2ccc(Cl)cc2)nnc1SCC(=O)Nc1cc([N+](=O)[O-])ccc1Cl. The number of nitrogens with one attached hydrogen (secondary N) is 1. The number of anilines is 1. The number of halogens is 2. The second kappa shape index (κ2) is 9.25. The van der Waals surface area contributed by atoms with E-state index in [0.717, 1.165) is 11.4 Å². The monoisotopic (exact) mass is 451 g/mol. The number of carbonyl (C=O) groups is 1. The van der Waals surface area contributed by atoms with Crippen LogP contribution in [-0.2, 0) is 18.3 Å². The molecule has 0 saturated carbocycles. The van der Waals surface area contributed by atoms with E-state index < -0.39 is 4.92 Å². The molecule has 2 aromatic carbocycles. The topological polar surface area (TPSA) is 103 Å². The summed E-state index contributed by atoms with van der Waals surface area (Å²) >= 11 is 13.1. The molecular formula is C18H15Cl2N5O3S. The van der Waals surface area contributed by atoms with Crippen LogP contribution in [0.1, 0.15) is 11.4 Å². The number of nitro benzene ring substituents is 1. The summed E-state index contributed by atoms with van der Waals surface area (Å²) < 4.78 is 1.81. The fourth-order valence-electron chi connectivity index (χ4n) is 2.45. The van der Waals surface area contributed by atoms with Crippen LogP contribution in [0.15, 0.2) is 47.6 Å². The molecule has 0 aliphatic carbocycles. The maximum atomic E-state index is 12.2. The highest BCUT2D eigenvalue weighted by Gasteiger charge is 2.15. The Balaban J connectivity index is 1.61. The fourth-order valence-corrected chi connectivity index (χ4v) is 3.47. The number of aromatic nitrogens is 3. The zero-order chi connectivity index (χ0) is 21.0. The Bertz CT molecular complexity index is 1060. The van der Waals surface area contributed by atoms with Crippen LogP contribution in [0, 0.1) is 10.1 Å². The van der Waals surface area contributed by atoms with E-state index in [0.29, 0.717) is 16.6 Å². The molecule has 0 aliphatic heterocycles. The van der Waals surface area contributed by atoms with Gasteiger partial charge in [-0.3, -0.25) is 14.9 Å². The van der Waals surface area contributed by atoms with Crippen LogP contribution >= 0.6 is 35.0 Å². The fraction of sp³-hybridized carbons (Fsp3) is 0.167. The van der Waals surface area contributed by atoms with Crippen molar-refractivity contribution in [1.29, 1.82) is 0 Å². The molecule has 0 fully saturated rings. The molecule has 0 bridgehead atoms. The summed E-state index contributed by atoms with van der Waals surface area (Å²) in [6, 6.07) is 11.3. The van der Waals surface area contributed by atoms with Gasteiger partial charge in [-0.25, -0.2) is 0 Å². The number of hydrogen-bond donors (Lipinski definition) is 1. The van der Waals surface area contributed by atoms with Gasteiger partial charge < -0.3 is 9.88 Å². The van der Waals surface area contributed by atoms with Gasteiger partial charge in [0.05, 0.1) is 21.4 Å². The molecule has 0 unspecified atom stereocenters. The van der Waals surface area contributed by atoms with Gasteiger partial charge in [0.2, 0.25) is 5.91 Å². The van der Waals surface area contributed by atoms with E-state index in [-0.39, 0.29) is 28.1 Å². The predicted molar refractivity (Wildman–Crippen MR) is 113 cm³/mol. The van der Waals surface area contributed by atoms with Crippen molar-refractivity contribution in [3.8, 4) is 0 Å². The van der Waals surface area contributed by atoms with Crippen LogP contribution in [0.5, 0.6) is 0 Å². The van der Waals surface area contributed by atoms with Gasteiger partial charge in [-0.15, -0.1) is 10.2 Å². The molecule has 29 heavy (non-hydrogen) atoms. The van der Waals surface area contributed by atoms with Crippen molar-refractivity contribution in [3.63, 3.8) is 0 Å². The predicted octanol–water partition coefficient (Wildman–Crippen LogP) is 4.35. The van der Waals surface area contributed by atoms with Crippen LogP contribution in [0.4, 0.5) is 11.4 Å². The molecule has 0 saturated heterocycles.